The summed E-state index contributed by atoms with van der Waals surface area (Å²) >= 11 is 0. The molecule has 0 spiro atoms. The minimum atomic E-state index is 0.530. The SMILES string of the molecule is CCCc1nc(-c2cc3cccc(C)c3nc2OCC)no1. The third kappa shape index (κ3) is 2.66. The Morgan fingerprint density at radius 3 is 2.82 bits per heavy atom. The summed E-state index contributed by atoms with van der Waals surface area (Å²) in [6.45, 7) is 6.59. The van der Waals surface area contributed by atoms with Crippen LogP contribution in [-0.2, 0) is 6.42 Å². The molecule has 0 aliphatic heterocycles. The highest BCUT2D eigenvalue weighted by Crippen LogP contribution is 2.31. The zero-order chi connectivity index (χ0) is 15.5. The van der Waals surface area contributed by atoms with Crippen LogP contribution in [-0.4, -0.2) is 21.7 Å². The molecule has 2 heterocycles. The maximum atomic E-state index is 5.69. The molecule has 0 saturated heterocycles. The second-order valence-corrected chi connectivity index (χ2v) is 5.18. The van der Waals surface area contributed by atoms with Crippen LogP contribution >= 0.6 is 0 Å². The monoisotopic (exact) mass is 297 g/mol. The van der Waals surface area contributed by atoms with Gasteiger partial charge in [-0.3, -0.25) is 0 Å². The first-order valence-corrected chi connectivity index (χ1v) is 7.59. The Balaban J connectivity index is 2.15. The van der Waals surface area contributed by atoms with Crippen molar-refractivity contribution in [2.45, 2.75) is 33.6 Å². The van der Waals surface area contributed by atoms with Gasteiger partial charge in [0.15, 0.2) is 0 Å². The van der Waals surface area contributed by atoms with Crippen molar-refractivity contribution in [3.05, 3.63) is 35.7 Å². The van der Waals surface area contributed by atoms with Crippen LogP contribution in [0.5, 0.6) is 5.88 Å². The molecule has 0 unspecified atom stereocenters. The van der Waals surface area contributed by atoms with E-state index in [0.717, 1.165) is 34.9 Å². The molecule has 114 valence electrons. The molecular formula is C17H19N3O2. The van der Waals surface area contributed by atoms with Gasteiger partial charge in [0.1, 0.15) is 0 Å². The van der Waals surface area contributed by atoms with E-state index in [1.54, 1.807) is 0 Å². The third-order valence-electron chi connectivity index (χ3n) is 3.47. The lowest BCUT2D eigenvalue weighted by Crippen LogP contribution is -1.99. The minimum Gasteiger partial charge on any atom is -0.477 e. The molecule has 5 nitrogen and oxygen atoms in total. The second-order valence-electron chi connectivity index (χ2n) is 5.18. The maximum absolute atomic E-state index is 5.69. The molecule has 5 heteroatoms. The zero-order valence-electron chi connectivity index (χ0n) is 13.1. The number of hydrogen-bond acceptors (Lipinski definition) is 5. The summed E-state index contributed by atoms with van der Waals surface area (Å²) in [4.78, 5) is 9.10. The lowest BCUT2D eigenvalue weighted by atomic mass is 10.1. The number of nitrogens with zero attached hydrogens (tertiary/aromatic N) is 3. The number of hydrogen-bond donors (Lipinski definition) is 0. The standard InChI is InChI=1S/C17H19N3O2/c1-4-7-14-18-16(20-22-14)13-10-12-9-6-8-11(3)15(12)19-17(13)21-5-2/h6,8-10H,4-5,7H2,1-3H3. The van der Waals surface area contributed by atoms with Gasteiger partial charge < -0.3 is 9.26 Å². The number of benzene rings is 1. The molecular weight excluding hydrogens is 278 g/mol. The third-order valence-corrected chi connectivity index (χ3v) is 3.47. The summed E-state index contributed by atoms with van der Waals surface area (Å²) in [6.07, 6.45) is 1.74. The van der Waals surface area contributed by atoms with E-state index in [1.165, 1.54) is 0 Å². The van der Waals surface area contributed by atoms with Crippen molar-refractivity contribution in [2.24, 2.45) is 0 Å². The Hall–Kier alpha value is -2.43. The number of para-hydroxylation sites is 1. The molecule has 2 aromatic heterocycles. The van der Waals surface area contributed by atoms with E-state index in [4.69, 9.17) is 9.26 Å². The fourth-order valence-electron chi connectivity index (χ4n) is 2.42. The number of rotatable bonds is 5. The van der Waals surface area contributed by atoms with Gasteiger partial charge in [-0.25, -0.2) is 4.98 Å². The predicted molar refractivity (Wildman–Crippen MR) is 84.9 cm³/mol. The van der Waals surface area contributed by atoms with Gasteiger partial charge in [0.05, 0.1) is 17.7 Å². The lowest BCUT2D eigenvalue weighted by Gasteiger charge is -2.09. The summed E-state index contributed by atoms with van der Waals surface area (Å²) in [5.74, 6) is 1.72. The zero-order valence-corrected chi connectivity index (χ0v) is 13.1. The molecule has 0 atom stereocenters. The van der Waals surface area contributed by atoms with Gasteiger partial charge >= 0.3 is 0 Å². The van der Waals surface area contributed by atoms with Crippen molar-refractivity contribution in [1.82, 2.24) is 15.1 Å². The molecule has 0 amide bonds. The van der Waals surface area contributed by atoms with E-state index >= 15 is 0 Å². The van der Waals surface area contributed by atoms with Crippen molar-refractivity contribution >= 4 is 10.9 Å². The van der Waals surface area contributed by atoms with Gasteiger partial charge in [-0.05, 0) is 31.9 Å². The Bertz CT molecular complexity index is 796. The first-order valence-electron chi connectivity index (χ1n) is 7.59. The summed E-state index contributed by atoms with van der Waals surface area (Å²) in [7, 11) is 0. The Labute approximate surface area is 129 Å². The second kappa shape index (κ2) is 6.13. The average molecular weight is 297 g/mol. The van der Waals surface area contributed by atoms with Crippen molar-refractivity contribution in [3.63, 3.8) is 0 Å². The molecule has 0 fully saturated rings. The van der Waals surface area contributed by atoms with Crippen LogP contribution in [0.2, 0.25) is 0 Å². The van der Waals surface area contributed by atoms with Gasteiger partial charge in [0, 0.05) is 11.8 Å². The molecule has 22 heavy (non-hydrogen) atoms. The van der Waals surface area contributed by atoms with Crippen LogP contribution < -0.4 is 4.74 Å². The topological polar surface area (TPSA) is 61.0 Å². The fourth-order valence-corrected chi connectivity index (χ4v) is 2.42. The number of ether oxygens (including phenoxy) is 1. The van der Waals surface area contributed by atoms with Crippen LogP contribution in [0.3, 0.4) is 0 Å². The van der Waals surface area contributed by atoms with Gasteiger partial charge in [-0.2, -0.15) is 4.98 Å². The minimum absolute atomic E-state index is 0.530. The molecule has 0 N–H and O–H groups in total. The van der Waals surface area contributed by atoms with E-state index in [0.29, 0.717) is 24.2 Å². The summed E-state index contributed by atoms with van der Waals surface area (Å²) in [5.41, 5.74) is 2.82. The summed E-state index contributed by atoms with van der Waals surface area (Å²) < 4.78 is 11.0. The molecule has 3 rings (SSSR count). The van der Waals surface area contributed by atoms with Gasteiger partial charge in [0.2, 0.25) is 17.6 Å². The lowest BCUT2D eigenvalue weighted by molar-refractivity contribution is 0.329. The molecule has 0 aliphatic carbocycles. The van der Waals surface area contributed by atoms with Crippen molar-refractivity contribution in [1.29, 1.82) is 0 Å². The number of aromatic nitrogens is 3. The largest absolute Gasteiger partial charge is 0.477 e. The average Bonchev–Trinajstić information content (AvgIpc) is 2.97. The van der Waals surface area contributed by atoms with Crippen LogP contribution in [0, 0.1) is 6.92 Å². The van der Waals surface area contributed by atoms with E-state index in [-0.39, 0.29) is 0 Å². The highest BCUT2D eigenvalue weighted by molar-refractivity contribution is 5.87. The highest BCUT2D eigenvalue weighted by atomic mass is 16.5. The van der Waals surface area contributed by atoms with E-state index in [1.807, 2.05) is 38.1 Å². The van der Waals surface area contributed by atoms with Gasteiger partial charge in [-0.1, -0.05) is 30.3 Å². The normalized spacial score (nSPS) is 11.0. The van der Waals surface area contributed by atoms with E-state index in [9.17, 15) is 0 Å². The van der Waals surface area contributed by atoms with Crippen molar-refractivity contribution < 1.29 is 9.26 Å². The highest BCUT2D eigenvalue weighted by Gasteiger charge is 2.16. The van der Waals surface area contributed by atoms with Crippen LogP contribution in [0.1, 0.15) is 31.7 Å². The maximum Gasteiger partial charge on any atom is 0.226 e. The van der Waals surface area contributed by atoms with Gasteiger partial charge in [-0.15, -0.1) is 0 Å². The first kappa shape index (κ1) is 14.5. The molecule has 1 aromatic carbocycles. The number of fused-ring (bicyclic) bond motifs is 1. The van der Waals surface area contributed by atoms with Crippen LogP contribution in [0.4, 0.5) is 0 Å². The van der Waals surface area contributed by atoms with Crippen molar-refractivity contribution in [2.75, 3.05) is 6.61 Å². The van der Waals surface area contributed by atoms with E-state index < -0.39 is 0 Å². The van der Waals surface area contributed by atoms with Crippen LogP contribution in [0.25, 0.3) is 22.3 Å². The molecule has 0 bridgehead atoms. The first-order chi connectivity index (χ1) is 10.7. The number of pyridine rings is 1. The Morgan fingerprint density at radius 2 is 2.05 bits per heavy atom. The predicted octanol–water partition coefficient (Wildman–Crippen LogP) is 3.94. The number of aryl methyl sites for hydroxylation is 2. The molecule has 3 aromatic rings. The van der Waals surface area contributed by atoms with E-state index in [2.05, 4.69) is 22.0 Å². The van der Waals surface area contributed by atoms with Crippen molar-refractivity contribution in [3.8, 4) is 17.3 Å². The van der Waals surface area contributed by atoms with Gasteiger partial charge in [0.25, 0.3) is 0 Å². The summed E-state index contributed by atoms with van der Waals surface area (Å²) in [5, 5.41) is 5.11. The quantitative estimate of drug-likeness (QED) is 0.713. The Kier molecular flexibility index (Phi) is 4.04. The fraction of sp³-hybridized carbons (Fsp3) is 0.353. The Morgan fingerprint density at radius 1 is 1.18 bits per heavy atom. The van der Waals surface area contributed by atoms with Crippen LogP contribution in [0.15, 0.2) is 28.8 Å². The summed E-state index contributed by atoms with van der Waals surface area (Å²) in [6, 6.07) is 8.10. The molecule has 0 radical (unpaired) electrons. The molecule has 0 saturated carbocycles. The smallest absolute Gasteiger partial charge is 0.226 e. The molecule has 0 aliphatic rings.